The zero-order valence-corrected chi connectivity index (χ0v) is 8.37. The Morgan fingerprint density at radius 1 is 1.56 bits per heavy atom. The van der Waals surface area contributed by atoms with Gasteiger partial charge < -0.3 is 14.9 Å². The number of H-pyrrole nitrogens is 1. The van der Waals surface area contributed by atoms with Crippen molar-refractivity contribution in [1.82, 2.24) is 9.55 Å². The molecule has 0 aliphatic carbocycles. The summed E-state index contributed by atoms with van der Waals surface area (Å²) in [5, 5.41) is 18.6. The van der Waals surface area contributed by atoms with E-state index in [4.69, 9.17) is 9.84 Å². The molecule has 0 aromatic carbocycles. The first kappa shape index (κ1) is 11.1. The summed E-state index contributed by atoms with van der Waals surface area (Å²) in [7, 11) is 0. The van der Waals surface area contributed by atoms with Crippen molar-refractivity contribution < 1.29 is 14.9 Å². The molecule has 88 valence electrons. The monoisotopic (exact) mass is 228 g/mol. The van der Waals surface area contributed by atoms with Crippen LogP contribution < -0.4 is 11.2 Å². The van der Waals surface area contributed by atoms with E-state index in [2.05, 4.69) is 4.98 Å². The third kappa shape index (κ3) is 1.80. The molecule has 0 radical (unpaired) electrons. The first-order valence-electron chi connectivity index (χ1n) is 4.85. The molecule has 0 spiro atoms. The van der Waals surface area contributed by atoms with Gasteiger partial charge in [0, 0.05) is 12.3 Å². The summed E-state index contributed by atoms with van der Waals surface area (Å²) < 4.78 is 6.31. The molecule has 2 rings (SSSR count). The zero-order chi connectivity index (χ0) is 11.7. The Balaban J connectivity index is 2.32. The van der Waals surface area contributed by atoms with E-state index >= 15 is 0 Å². The average Bonchev–Trinajstić information content (AvgIpc) is 2.60. The third-order valence-corrected chi connectivity index (χ3v) is 2.64. The number of nitrogens with zero attached hydrogens (tertiary/aromatic N) is 1. The molecule has 1 fully saturated rings. The van der Waals surface area contributed by atoms with Gasteiger partial charge in [-0.15, -0.1) is 0 Å². The van der Waals surface area contributed by atoms with Crippen molar-refractivity contribution in [3.8, 4) is 0 Å². The van der Waals surface area contributed by atoms with Crippen molar-refractivity contribution in [1.29, 1.82) is 0 Å². The first-order chi connectivity index (χ1) is 7.63. The van der Waals surface area contributed by atoms with Crippen LogP contribution in [-0.2, 0) is 4.74 Å². The fraction of sp³-hybridized carbons (Fsp3) is 0.556. The van der Waals surface area contributed by atoms with Crippen LogP contribution in [0.25, 0.3) is 0 Å². The fourth-order valence-electron chi connectivity index (χ4n) is 1.76. The second kappa shape index (κ2) is 4.20. The Kier molecular flexibility index (Phi) is 2.90. The van der Waals surface area contributed by atoms with E-state index in [1.54, 1.807) is 0 Å². The van der Waals surface area contributed by atoms with Crippen LogP contribution in [0.1, 0.15) is 6.04 Å². The lowest BCUT2D eigenvalue weighted by molar-refractivity contribution is 0.00189. The molecule has 3 N–H and O–H groups in total. The van der Waals surface area contributed by atoms with Gasteiger partial charge in [0.25, 0.3) is 5.56 Å². The van der Waals surface area contributed by atoms with Crippen molar-refractivity contribution in [3.63, 3.8) is 0 Å². The number of aromatic amines is 1. The van der Waals surface area contributed by atoms with Gasteiger partial charge in [0.15, 0.2) is 0 Å². The molecule has 1 aromatic heterocycles. The standard InChI is InChI=1S/C9H12N2O5/c12-3-6-8(14)5(4-16-6)11-2-1-7(13)10-9(11)15/h1-2,5-6,8,12,14H,3-4H2,(H,10,13,15). The molecule has 7 heteroatoms. The maximum atomic E-state index is 11.4. The molecule has 16 heavy (non-hydrogen) atoms. The molecule has 3 atom stereocenters. The highest BCUT2D eigenvalue weighted by atomic mass is 16.5. The van der Waals surface area contributed by atoms with E-state index < -0.39 is 29.5 Å². The van der Waals surface area contributed by atoms with Gasteiger partial charge in [0.2, 0.25) is 0 Å². The molecular formula is C9H12N2O5. The van der Waals surface area contributed by atoms with Crippen molar-refractivity contribution in [3.05, 3.63) is 33.1 Å². The van der Waals surface area contributed by atoms with Gasteiger partial charge >= 0.3 is 5.69 Å². The van der Waals surface area contributed by atoms with Crippen LogP contribution >= 0.6 is 0 Å². The topological polar surface area (TPSA) is 105 Å². The van der Waals surface area contributed by atoms with E-state index in [1.165, 1.54) is 16.8 Å². The Labute approximate surface area is 89.9 Å². The van der Waals surface area contributed by atoms with Crippen LogP contribution in [0, 0.1) is 0 Å². The van der Waals surface area contributed by atoms with Gasteiger partial charge in [-0.3, -0.25) is 14.3 Å². The number of hydrogen-bond acceptors (Lipinski definition) is 5. The maximum Gasteiger partial charge on any atom is 0.328 e. The third-order valence-electron chi connectivity index (χ3n) is 2.64. The highest BCUT2D eigenvalue weighted by Gasteiger charge is 2.36. The summed E-state index contributed by atoms with van der Waals surface area (Å²) in [5.41, 5.74) is -1.09. The van der Waals surface area contributed by atoms with Gasteiger partial charge in [-0.25, -0.2) is 4.79 Å². The number of aromatic nitrogens is 2. The summed E-state index contributed by atoms with van der Waals surface area (Å²) in [6, 6.07) is 0.613. The molecule has 1 aliphatic heterocycles. The number of ether oxygens (including phenoxy) is 1. The van der Waals surface area contributed by atoms with E-state index in [0.717, 1.165) is 0 Å². The van der Waals surface area contributed by atoms with Crippen LogP contribution in [0.2, 0.25) is 0 Å². The summed E-state index contributed by atoms with van der Waals surface area (Å²) in [6.07, 6.45) is -0.351. The summed E-state index contributed by atoms with van der Waals surface area (Å²) in [5.74, 6) is 0. The normalized spacial score (nSPS) is 29.5. The summed E-state index contributed by atoms with van der Waals surface area (Å²) in [4.78, 5) is 24.4. The van der Waals surface area contributed by atoms with Gasteiger partial charge in [0.1, 0.15) is 12.2 Å². The molecule has 3 unspecified atom stereocenters. The van der Waals surface area contributed by atoms with Gasteiger partial charge in [-0.2, -0.15) is 0 Å². The van der Waals surface area contributed by atoms with Crippen molar-refractivity contribution in [2.45, 2.75) is 18.2 Å². The molecule has 2 heterocycles. The van der Waals surface area contributed by atoms with Crippen molar-refractivity contribution >= 4 is 0 Å². The van der Waals surface area contributed by atoms with E-state index in [9.17, 15) is 14.7 Å². The van der Waals surface area contributed by atoms with E-state index in [0.29, 0.717) is 0 Å². The molecule has 0 bridgehead atoms. The van der Waals surface area contributed by atoms with E-state index in [1.807, 2.05) is 0 Å². The number of hydrogen-bond donors (Lipinski definition) is 3. The fourth-order valence-corrected chi connectivity index (χ4v) is 1.76. The second-order valence-electron chi connectivity index (χ2n) is 3.63. The number of rotatable bonds is 2. The molecule has 1 saturated heterocycles. The lowest BCUT2D eigenvalue weighted by atomic mass is 10.1. The molecule has 1 aromatic rings. The molecular weight excluding hydrogens is 216 g/mol. The SMILES string of the molecule is O=c1ccn(C2COC(CO)C2O)c(=O)[nH]1. The zero-order valence-electron chi connectivity index (χ0n) is 8.37. The molecule has 0 amide bonds. The maximum absolute atomic E-state index is 11.4. The molecule has 7 nitrogen and oxygen atoms in total. The minimum absolute atomic E-state index is 0.123. The Hall–Kier alpha value is -1.44. The molecule has 0 saturated carbocycles. The highest BCUT2D eigenvalue weighted by Crippen LogP contribution is 2.22. The largest absolute Gasteiger partial charge is 0.394 e. The minimum atomic E-state index is -0.964. The number of aliphatic hydroxyl groups excluding tert-OH is 2. The number of nitrogens with one attached hydrogen (secondary N) is 1. The Bertz CT molecular complexity index is 479. The Morgan fingerprint density at radius 3 is 2.88 bits per heavy atom. The number of aliphatic hydroxyl groups is 2. The van der Waals surface area contributed by atoms with Crippen LogP contribution in [0.4, 0.5) is 0 Å². The van der Waals surface area contributed by atoms with Crippen molar-refractivity contribution in [2.75, 3.05) is 13.2 Å². The minimum Gasteiger partial charge on any atom is -0.394 e. The van der Waals surface area contributed by atoms with Gasteiger partial charge in [-0.05, 0) is 0 Å². The van der Waals surface area contributed by atoms with Gasteiger partial charge in [0.05, 0.1) is 19.3 Å². The Morgan fingerprint density at radius 2 is 2.31 bits per heavy atom. The first-order valence-corrected chi connectivity index (χ1v) is 4.85. The van der Waals surface area contributed by atoms with Crippen LogP contribution in [-0.4, -0.2) is 45.2 Å². The van der Waals surface area contributed by atoms with Crippen molar-refractivity contribution in [2.24, 2.45) is 0 Å². The van der Waals surface area contributed by atoms with E-state index in [-0.39, 0.29) is 13.2 Å². The summed E-state index contributed by atoms with van der Waals surface area (Å²) in [6.45, 7) is -0.186. The van der Waals surface area contributed by atoms with Gasteiger partial charge in [-0.1, -0.05) is 0 Å². The molecule has 1 aliphatic rings. The van der Waals surface area contributed by atoms with Crippen LogP contribution in [0.15, 0.2) is 21.9 Å². The smallest absolute Gasteiger partial charge is 0.328 e. The highest BCUT2D eigenvalue weighted by molar-refractivity contribution is 4.93. The predicted octanol–water partition coefficient (Wildman–Crippen LogP) is -2.17. The predicted molar refractivity (Wildman–Crippen MR) is 53.2 cm³/mol. The van der Waals surface area contributed by atoms with Crippen LogP contribution in [0.5, 0.6) is 0 Å². The lowest BCUT2D eigenvalue weighted by Gasteiger charge is -2.17. The summed E-state index contributed by atoms with van der Waals surface area (Å²) >= 11 is 0. The van der Waals surface area contributed by atoms with Crippen LogP contribution in [0.3, 0.4) is 0 Å². The average molecular weight is 228 g/mol. The quantitative estimate of drug-likeness (QED) is 0.534. The lowest BCUT2D eigenvalue weighted by Crippen LogP contribution is -2.38. The second-order valence-corrected chi connectivity index (χ2v) is 3.63.